The molecule has 13 heavy (non-hydrogen) atoms. The lowest BCUT2D eigenvalue weighted by Gasteiger charge is -1.98. The zero-order valence-electron chi connectivity index (χ0n) is 6.75. The van der Waals surface area contributed by atoms with Gasteiger partial charge in [0.05, 0.1) is 17.4 Å². The molecule has 0 radical (unpaired) electrons. The highest BCUT2D eigenvalue weighted by molar-refractivity contribution is 6.18. The third-order valence-electron chi connectivity index (χ3n) is 1.97. The fourth-order valence-corrected chi connectivity index (χ4v) is 1.53. The molecule has 0 atom stereocenters. The monoisotopic (exact) mass is 194 g/mol. The lowest BCUT2D eigenvalue weighted by atomic mass is 10.1. The van der Waals surface area contributed by atoms with Crippen molar-refractivity contribution in [3.8, 4) is 0 Å². The van der Waals surface area contributed by atoms with Crippen molar-refractivity contribution in [2.75, 3.05) is 0 Å². The van der Waals surface area contributed by atoms with Crippen LogP contribution in [0.3, 0.4) is 0 Å². The van der Waals surface area contributed by atoms with Crippen molar-refractivity contribution in [3.63, 3.8) is 0 Å². The first-order valence-corrected chi connectivity index (χ1v) is 4.36. The molecule has 1 heterocycles. The van der Waals surface area contributed by atoms with Gasteiger partial charge in [0, 0.05) is 11.4 Å². The van der Waals surface area contributed by atoms with Gasteiger partial charge in [0.2, 0.25) is 0 Å². The van der Waals surface area contributed by atoms with Crippen LogP contribution in [0.1, 0.15) is 15.9 Å². The van der Waals surface area contributed by atoms with Crippen LogP contribution < -0.4 is 0 Å². The lowest BCUT2D eigenvalue weighted by molar-refractivity contribution is 0.112. The SMILES string of the molecule is O=Cc1ccc(CCl)c2nc[nH]c12. The maximum absolute atomic E-state index is 10.6. The lowest BCUT2D eigenvalue weighted by Crippen LogP contribution is -1.87. The zero-order valence-corrected chi connectivity index (χ0v) is 7.51. The van der Waals surface area contributed by atoms with Gasteiger partial charge in [-0.05, 0) is 11.6 Å². The summed E-state index contributed by atoms with van der Waals surface area (Å²) < 4.78 is 0. The van der Waals surface area contributed by atoms with Crippen molar-refractivity contribution in [1.29, 1.82) is 0 Å². The van der Waals surface area contributed by atoms with Gasteiger partial charge in [-0.3, -0.25) is 4.79 Å². The van der Waals surface area contributed by atoms with Gasteiger partial charge in [-0.15, -0.1) is 11.6 Å². The standard InChI is InChI=1S/C9H7ClN2O/c10-3-6-1-2-7(4-13)9-8(6)11-5-12-9/h1-2,4-5H,3H2,(H,11,12). The average molecular weight is 195 g/mol. The Morgan fingerprint density at radius 3 is 3.08 bits per heavy atom. The molecule has 0 fully saturated rings. The highest BCUT2D eigenvalue weighted by Gasteiger charge is 2.06. The number of H-pyrrole nitrogens is 1. The van der Waals surface area contributed by atoms with Gasteiger partial charge in [-0.2, -0.15) is 0 Å². The van der Waals surface area contributed by atoms with Gasteiger partial charge in [-0.25, -0.2) is 4.98 Å². The Kier molecular flexibility index (Phi) is 2.02. The maximum atomic E-state index is 10.6. The number of hydrogen-bond donors (Lipinski definition) is 1. The Morgan fingerprint density at radius 2 is 2.38 bits per heavy atom. The van der Waals surface area contributed by atoms with E-state index in [9.17, 15) is 4.79 Å². The molecule has 0 unspecified atom stereocenters. The summed E-state index contributed by atoms with van der Waals surface area (Å²) >= 11 is 5.72. The van der Waals surface area contributed by atoms with E-state index in [0.29, 0.717) is 11.4 Å². The summed E-state index contributed by atoms with van der Waals surface area (Å²) in [6.45, 7) is 0. The predicted molar refractivity (Wildman–Crippen MR) is 51.0 cm³/mol. The number of fused-ring (bicyclic) bond motifs is 1. The number of imidazole rings is 1. The number of halogens is 1. The number of aldehydes is 1. The van der Waals surface area contributed by atoms with Gasteiger partial charge in [-0.1, -0.05) is 6.07 Å². The molecule has 2 rings (SSSR count). The number of rotatable bonds is 2. The maximum Gasteiger partial charge on any atom is 0.152 e. The second-order valence-electron chi connectivity index (χ2n) is 2.69. The molecule has 66 valence electrons. The van der Waals surface area contributed by atoms with E-state index in [1.165, 1.54) is 0 Å². The molecule has 0 aliphatic heterocycles. The first-order chi connectivity index (χ1) is 6.36. The van der Waals surface area contributed by atoms with E-state index in [0.717, 1.165) is 22.9 Å². The normalized spacial score (nSPS) is 10.5. The van der Waals surface area contributed by atoms with Crippen LogP contribution in [0, 0.1) is 0 Å². The number of aromatic nitrogens is 2. The van der Waals surface area contributed by atoms with Crippen molar-refractivity contribution in [3.05, 3.63) is 29.6 Å². The van der Waals surface area contributed by atoms with Crippen LogP contribution in [0.15, 0.2) is 18.5 Å². The molecule has 0 bridgehead atoms. The van der Waals surface area contributed by atoms with E-state index in [1.54, 1.807) is 12.4 Å². The number of benzene rings is 1. The molecule has 1 aromatic heterocycles. The third kappa shape index (κ3) is 1.21. The minimum absolute atomic E-state index is 0.403. The number of carbonyl (C=O) groups is 1. The second-order valence-corrected chi connectivity index (χ2v) is 2.96. The van der Waals surface area contributed by atoms with Crippen molar-refractivity contribution < 1.29 is 4.79 Å². The summed E-state index contributed by atoms with van der Waals surface area (Å²) in [6, 6.07) is 3.56. The van der Waals surface area contributed by atoms with Crippen LogP contribution in [0.2, 0.25) is 0 Å². The van der Waals surface area contributed by atoms with E-state index in [4.69, 9.17) is 11.6 Å². The summed E-state index contributed by atoms with van der Waals surface area (Å²) in [5.41, 5.74) is 3.08. The Bertz CT molecular complexity index is 450. The topological polar surface area (TPSA) is 45.8 Å². The first-order valence-electron chi connectivity index (χ1n) is 3.83. The van der Waals surface area contributed by atoms with Gasteiger partial charge in [0.15, 0.2) is 6.29 Å². The van der Waals surface area contributed by atoms with E-state index >= 15 is 0 Å². The molecular formula is C9H7ClN2O. The molecule has 3 nitrogen and oxygen atoms in total. The number of hydrogen-bond acceptors (Lipinski definition) is 2. The smallest absolute Gasteiger partial charge is 0.152 e. The molecule has 4 heteroatoms. The van der Waals surface area contributed by atoms with Gasteiger partial charge < -0.3 is 4.98 Å². The van der Waals surface area contributed by atoms with Crippen LogP contribution >= 0.6 is 11.6 Å². The van der Waals surface area contributed by atoms with E-state index in [-0.39, 0.29) is 0 Å². The zero-order chi connectivity index (χ0) is 9.26. The summed E-state index contributed by atoms with van der Waals surface area (Å²) in [5.74, 6) is 0.403. The molecule has 1 aromatic carbocycles. The number of alkyl halides is 1. The minimum Gasteiger partial charge on any atom is -0.344 e. The Hall–Kier alpha value is -1.35. The molecule has 0 aliphatic rings. The summed E-state index contributed by atoms with van der Waals surface area (Å²) in [4.78, 5) is 17.6. The molecule has 0 saturated heterocycles. The molecule has 0 amide bonds. The number of aromatic amines is 1. The molecular weight excluding hydrogens is 188 g/mol. The number of carbonyl (C=O) groups excluding carboxylic acids is 1. The van der Waals surface area contributed by atoms with E-state index in [2.05, 4.69) is 9.97 Å². The van der Waals surface area contributed by atoms with E-state index < -0.39 is 0 Å². The van der Waals surface area contributed by atoms with Crippen LogP contribution in [0.4, 0.5) is 0 Å². The second kappa shape index (κ2) is 3.18. The Balaban J connectivity index is 2.81. The number of nitrogens with zero attached hydrogens (tertiary/aromatic N) is 1. The van der Waals surface area contributed by atoms with Crippen molar-refractivity contribution in [2.45, 2.75) is 5.88 Å². The largest absolute Gasteiger partial charge is 0.344 e. The Morgan fingerprint density at radius 1 is 1.54 bits per heavy atom. The van der Waals surface area contributed by atoms with Gasteiger partial charge >= 0.3 is 0 Å². The van der Waals surface area contributed by atoms with Crippen molar-refractivity contribution >= 4 is 28.9 Å². The average Bonchev–Trinajstić information content (AvgIpc) is 2.64. The molecule has 1 N–H and O–H groups in total. The van der Waals surface area contributed by atoms with Crippen LogP contribution in [0.25, 0.3) is 11.0 Å². The number of nitrogens with one attached hydrogen (secondary N) is 1. The van der Waals surface area contributed by atoms with Crippen LogP contribution in [-0.2, 0) is 5.88 Å². The molecule has 2 aromatic rings. The Labute approximate surface area is 79.7 Å². The quantitative estimate of drug-likeness (QED) is 0.588. The predicted octanol–water partition coefficient (Wildman–Crippen LogP) is 2.11. The molecule has 0 spiro atoms. The van der Waals surface area contributed by atoms with Gasteiger partial charge in [0.1, 0.15) is 0 Å². The third-order valence-corrected chi connectivity index (χ3v) is 2.26. The summed E-state index contributed by atoms with van der Waals surface area (Å²) in [6.07, 6.45) is 2.37. The highest BCUT2D eigenvalue weighted by Crippen LogP contribution is 2.19. The summed E-state index contributed by atoms with van der Waals surface area (Å²) in [5, 5.41) is 0. The first kappa shape index (κ1) is 8.26. The van der Waals surface area contributed by atoms with Crippen LogP contribution in [-0.4, -0.2) is 16.3 Å². The van der Waals surface area contributed by atoms with Crippen LogP contribution in [0.5, 0.6) is 0 Å². The fourth-order valence-electron chi connectivity index (χ4n) is 1.32. The fraction of sp³-hybridized carbons (Fsp3) is 0.111. The van der Waals surface area contributed by atoms with Crippen molar-refractivity contribution in [1.82, 2.24) is 9.97 Å². The van der Waals surface area contributed by atoms with Gasteiger partial charge in [0.25, 0.3) is 0 Å². The summed E-state index contributed by atoms with van der Waals surface area (Å²) in [7, 11) is 0. The van der Waals surface area contributed by atoms with Crippen molar-refractivity contribution in [2.24, 2.45) is 0 Å². The van der Waals surface area contributed by atoms with E-state index in [1.807, 2.05) is 6.07 Å². The molecule has 0 saturated carbocycles. The molecule has 0 aliphatic carbocycles. The highest BCUT2D eigenvalue weighted by atomic mass is 35.5. The minimum atomic E-state index is 0.403.